The lowest BCUT2D eigenvalue weighted by Gasteiger charge is -2.26. The normalized spacial score (nSPS) is 15.2. The van der Waals surface area contributed by atoms with Crippen molar-refractivity contribution in [2.24, 2.45) is 7.05 Å². The zero-order valence-electron chi connectivity index (χ0n) is 12.0. The van der Waals surface area contributed by atoms with Crippen LogP contribution in [-0.4, -0.2) is 37.8 Å². The first kappa shape index (κ1) is 14.1. The molecule has 1 aliphatic heterocycles. The summed E-state index contributed by atoms with van der Waals surface area (Å²) >= 11 is 6.01. The van der Waals surface area contributed by atoms with Crippen molar-refractivity contribution < 1.29 is 0 Å². The molecule has 0 atom stereocenters. The van der Waals surface area contributed by atoms with Crippen LogP contribution in [0.3, 0.4) is 0 Å². The van der Waals surface area contributed by atoms with Crippen LogP contribution in [0.5, 0.6) is 0 Å². The minimum absolute atomic E-state index is 0.222. The Morgan fingerprint density at radius 3 is 2.71 bits per heavy atom. The van der Waals surface area contributed by atoms with Crippen molar-refractivity contribution >= 4 is 23.5 Å². The molecule has 8 heteroatoms. The third kappa shape index (κ3) is 3.60. The molecule has 21 heavy (non-hydrogen) atoms. The molecule has 3 rings (SSSR count). The molecule has 0 radical (unpaired) electrons. The van der Waals surface area contributed by atoms with Crippen molar-refractivity contribution in [1.82, 2.24) is 24.7 Å². The van der Waals surface area contributed by atoms with Gasteiger partial charge in [0.15, 0.2) is 0 Å². The van der Waals surface area contributed by atoms with Crippen molar-refractivity contribution in [2.75, 3.05) is 23.3 Å². The van der Waals surface area contributed by atoms with Gasteiger partial charge in [0.25, 0.3) is 0 Å². The summed E-state index contributed by atoms with van der Waals surface area (Å²) in [6.45, 7) is 2.55. The molecule has 0 saturated carbocycles. The number of hydrogen-bond donors (Lipinski definition) is 1. The molecule has 0 aromatic carbocycles. The molecular formula is C13H18ClN7. The molecule has 0 aliphatic carbocycles. The highest BCUT2D eigenvalue weighted by molar-refractivity contribution is 6.28. The number of aromatic nitrogens is 5. The largest absolute Gasteiger partial charge is 0.350 e. The summed E-state index contributed by atoms with van der Waals surface area (Å²) in [6, 6.07) is 0. The molecule has 1 fully saturated rings. The Hall–Kier alpha value is -1.89. The molecule has 3 heterocycles. The van der Waals surface area contributed by atoms with Gasteiger partial charge in [-0.25, -0.2) is 0 Å². The van der Waals surface area contributed by atoms with Gasteiger partial charge in [0.2, 0.25) is 17.2 Å². The molecule has 0 bridgehead atoms. The molecule has 0 unspecified atom stereocenters. The van der Waals surface area contributed by atoms with E-state index in [9.17, 15) is 0 Å². The number of nitrogens with one attached hydrogen (secondary N) is 1. The Kier molecular flexibility index (Phi) is 4.19. The Morgan fingerprint density at radius 2 is 2.00 bits per heavy atom. The van der Waals surface area contributed by atoms with Gasteiger partial charge < -0.3 is 10.2 Å². The highest BCUT2D eigenvalue weighted by atomic mass is 35.5. The van der Waals surface area contributed by atoms with E-state index in [1.807, 2.05) is 13.2 Å². The Labute approximate surface area is 128 Å². The van der Waals surface area contributed by atoms with Crippen LogP contribution in [0.4, 0.5) is 11.9 Å². The van der Waals surface area contributed by atoms with E-state index in [0.29, 0.717) is 18.4 Å². The van der Waals surface area contributed by atoms with Crippen molar-refractivity contribution in [2.45, 2.75) is 25.8 Å². The molecule has 1 N–H and O–H groups in total. The lowest BCUT2D eigenvalue weighted by Crippen LogP contribution is -2.31. The van der Waals surface area contributed by atoms with Crippen LogP contribution in [0.2, 0.25) is 5.28 Å². The lowest BCUT2D eigenvalue weighted by atomic mass is 10.1. The Morgan fingerprint density at radius 1 is 1.19 bits per heavy atom. The topological polar surface area (TPSA) is 71.8 Å². The van der Waals surface area contributed by atoms with Gasteiger partial charge in [0, 0.05) is 38.4 Å². The highest BCUT2D eigenvalue weighted by Crippen LogP contribution is 2.18. The van der Waals surface area contributed by atoms with E-state index >= 15 is 0 Å². The summed E-state index contributed by atoms with van der Waals surface area (Å²) in [5.74, 6) is 1.16. The third-order valence-electron chi connectivity index (χ3n) is 3.44. The SMILES string of the molecule is Cn1cc(CNc2nc(Cl)nc(N3CCCCC3)n2)cn1. The fourth-order valence-corrected chi connectivity index (χ4v) is 2.55. The lowest BCUT2D eigenvalue weighted by molar-refractivity contribution is 0.567. The number of rotatable bonds is 4. The number of aryl methyl sites for hydroxylation is 1. The number of hydrogen-bond acceptors (Lipinski definition) is 6. The maximum atomic E-state index is 6.01. The van der Waals surface area contributed by atoms with Crippen LogP contribution in [0, 0.1) is 0 Å². The fraction of sp³-hybridized carbons (Fsp3) is 0.538. The Balaban J connectivity index is 1.71. The van der Waals surface area contributed by atoms with Crippen LogP contribution in [0.15, 0.2) is 12.4 Å². The second kappa shape index (κ2) is 6.26. The van der Waals surface area contributed by atoms with Crippen LogP contribution in [-0.2, 0) is 13.6 Å². The van der Waals surface area contributed by atoms with Crippen LogP contribution < -0.4 is 10.2 Å². The summed E-state index contributed by atoms with van der Waals surface area (Å²) in [5.41, 5.74) is 1.06. The average Bonchev–Trinajstić information content (AvgIpc) is 2.91. The highest BCUT2D eigenvalue weighted by Gasteiger charge is 2.15. The molecule has 2 aromatic rings. The Bertz CT molecular complexity index is 606. The first-order valence-corrected chi connectivity index (χ1v) is 7.46. The molecule has 7 nitrogen and oxygen atoms in total. The van der Waals surface area contributed by atoms with Gasteiger partial charge in [-0.2, -0.15) is 20.1 Å². The summed E-state index contributed by atoms with van der Waals surface area (Å²) in [7, 11) is 1.89. The second-order valence-electron chi connectivity index (χ2n) is 5.15. The van der Waals surface area contributed by atoms with E-state index in [1.54, 1.807) is 10.9 Å². The van der Waals surface area contributed by atoms with Gasteiger partial charge in [0.05, 0.1) is 6.20 Å². The number of anilines is 2. The first-order valence-electron chi connectivity index (χ1n) is 7.08. The summed E-state index contributed by atoms with van der Waals surface area (Å²) < 4.78 is 1.76. The fourth-order valence-electron chi connectivity index (χ4n) is 2.40. The quantitative estimate of drug-likeness (QED) is 0.929. The number of nitrogens with zero attached hydrogens (tertiary/aromatic N) is 6. The zero-order valence-corrected chi connectivity index (χ0v) is 12.7. The molecular weight excluding hydrogens is 290 g/mol. The predicted molar refractivity (Wildman–Crippen MR) is 81.4 cm³/mol. The van der Waals surface area contributed by atoms with E-state index in [1.165, 1.54) is 19.3 Å². The summed E-state index contributed by atoms with van der Waals surface area (Å²) in [6.07, 6.45) is 7.35. The average molecular weight is 308 g/mol. The summed E-state index contributed by atoms with van der Waals surface area (Å²) in [5, 5.41) is 7.52. The minimum atomic E-state index is 0.222. The molecule has 1 aliphatic rings. The van der Waals surface area contributed by atoms with Gasteiger partial charge in [-0.3, -0.25) is 4.68 Å². The molecule has 2 aromatic heterocycles. The zero-order chi connectivity index (χ0) is 14.7. The molecule has 1 saturated heterocycles. The van der Waals surface area contributed by atoms with Gasteiger partial charge in [-0.15, -0.1) is 0 Å². The first-order chi connectivity index (χ1) is 10.2. The number of piperidine rings is 1. The van der Waals surface area contributed by atoms with E-state index in [2.05, 4.69) is 30.3 Å². The molecule has 0 spiro atoms. The van der Waals surface area contributed by atoms with Crippen LogP contribution in [0.1, 0.15) is 24.8 Å². The van der Waals surface area contributed by atoms with Crippen molar-refractivity contribution in [3.63, 3.8) is 0 Å². The smallest absolute Gasteiger partial charge is 0.231 e. The van der Waals surface area contributed by atoms with Crippen LogP contribution in [0.25, 0.3) is 0 Å². The van der Waals surface area contributed by atoms with E-state index in [-0.39, 0.29) is 5.28 Å². The molecule has 0 amide bonds. The van der Waals surface area contributed by atoms with Crippen LogP contribution >= 0.6 is 11.6 Å². The van der Waals surface area contributed by atoms with Crippen molar-refractivity contribution in [3.05, 3.63) is 23.2 Å². The minimum Gasteiger partial charge on any atom is -0.350 e. The monoisotopic (exact) mass is 307 g/mol. The van der Waals surface area contributed by atoms with E-state index < -0.39 is 0 Å². The molecule has 112 valence electrons. The predicted octanol–water partition coefficient (Wildman–Crippen LogP) is 1.86. The van der Waals surface area contributed by atoms with Gasteiger partial charge in [-0.05, 0) is 30.9 Å². The summed E-state index contributed by atoms with van der Waals surface area (Å²) in [4.78, 5) is 15.0. The van der Waals surface area contributed by atoms with Crippen molar-refractivity contribution in [3.8, 4) is 0 Å². The third-order valence-corrected chi connectivity index (χ3v) is 3.61. The maximum absolute atomic E-state index is 6.01. The van der Waals surface area contributed by atoms with Crippen molar-refractivity contribution in [1.29, 1.82) is 0 Å². The standard InChI is InChI=1S/C13H18ClN7/c1-20-9-10(8-16-20)7-15-12-17-11(14)18-13(19-12)21-5-3-2-4-6-21/h8-9H,2-7H2,1H3,(H,15,17,18,19). The van der Waals surface area contributed by atoms with Gasteiger partial charge >= 0.3 is 0 Å². The van der Waals surface area contributed by atoms with Gasteiger partial charge in [-0.1, -0.05) is 0 Å². The van der Waals surface area contributed by atoms with Gasteiger partial charge in [0.1, 0.15) is 0 Å². The number of halogens is 1. The van der Waals surface area contributed by atoms with E-state index in [0.717, 1.165) is 18.7 Å². The maximum Gasteiger partial charge on any atom is 0.231 e. The van der Waals surface area contributed by atoms with E-state index in [4.69, 9.17) is 11.6 Å². The second-order valence-corrected chi connectivity index (χ2v) is 5.49.